The number of hydrogen-bond donors (Lipinski definition) is 2. The van der Waals surface area contributed by atoms with E-state index >= 15 is 0 Å². The summed E-state index contributed by atoms with van der Waals surface area (Å²) in [5.41, 5.74) is 2.78. The van der Waals surface area contributed by atoms with Gasteiger partial charge in [-0.25, -0.2) is 4.79 Å². The number of carbonyl (C=O) groups excluding carboxylic acids is 1. The van der Waals surface area contributed by atoms with Gasteiger partial charge < -0.3 is 15.3 Å². The molecular weight excluding hydrogens is 312 g/mol. The van der Waals surface area contributed by atoms with Gasteiger partial charge in [-0.05, 0) is 36.6 Å². The minimum Gasteiger partial charge on any atom is -0.395 e. The monoisotopic (exact) mass is 332 g/mol. The molecule has 0 aliphatic rings. The highest BCUT2D eigenvalue weighted by Gasteiger charge is 2.14. The van der Waals surface area contributed by atoms with Crippen LogP contribution < -0.4 is 5.32 Å². The molecule has 0 heterocycles. The number of aryl methyl sites for hydroxylation is 1. The zero-order chi connectivity index (χ0) is 16.7. The third-order valence-corrected chi connectivity index (χ3v) is 3.85. The normalized spacial score (nSPS) is 10.4. The highest BCUT2D eigenvalue weighted by atomic mass is 35.5. The average molecular weight is 333 g/mol. The highest BCUT2D eigenvalue weighted by molar-refractivity contribution is 6.31. The lowest BCUT2D eigenvalue weighted by Gasteiger charge is -2.23. The van der Waals surface area contributed by atoms with E-state index in [1.807, 2.05) is 43.3 Å². The molecule has 2 aromatic carbocycles. The van der Waals surface area contributed by atoms with Crippen molar-refractivity contribution in [2.75, 3.05) is 25.0 Å². The number of aliphatic hydroxyl groups excluding tert-OH is 1. The Balaban J connectivity index is 2.01. The van der Waals surface area contributed by atoms with E-state index in [1.54, 1.807) is 17.0 Å². The van der Waals surface area contributed by atoms with Gasteiger partial charge in [-0.2, -0.15) is 0 Å². The lowest BCUT2D eigenvalue weighted by molar-refractivity contribution is 0.189. The Kier molecular flexibility index (Phi) is 6.44. The minimum absolute atomic E-state index is 0.0727. The zero-order valence-electron chi connectivity index (χ0n) is 13.1. The van der Waals surface area contributed by atoms with E-state index in [0.717, 1.165) is 17.5 Å². The summed E-state index contributed by atoms with van der Waals surface area (Å²) >= 11 is 5.98. The van der Waals surface area contributed by atoms with Crippen LogP contribution in [0.4, 0.5) is 10.5 Å². The Morgan fingerprint density at radius 1 is 1.17 bits per heavy atom. The molecule has 0 saturated heterocycles. The van der Waals surface area contributed by atoms with Crippen LogP contribution in [-0.2, 0) is 6.42 Å². The molecule has 0 unspecified atom stereocenters. The van der Waals surface area contributed by atoms with Crippen LogP contribution in [0, 0.1) is 6.92 Å². The van der Waals surface area contributed by atoms with Gasteiger partial charge in [-0.15, -0.1) is 0 Å². The van der Waals surface area contributed by atoms with Crippen molar-refractivity contribution in [1.82, 2.24) is 4.90 Å². The van der Waals surface area contributed by atoms with Crippen LogP contribution in [0.15, 0.2) is 48.5 Å². The van der Waals surface area contributed by atoms with Crippen LogP contribution in [0.1, 0.15) is 11.1 Å². The first-order chi connectivity index (χ1) is 11.1. The van der Waals surface area contributed by atoms with Crippen molar-refractivity contribution in [3.05, 3.63) is 64.7 Å². The van der Waals surface area contributed by atoms with Crippen LogP contribution in [-0.4, -0.2) is 35.7 Å². The SMILES string of the molecule is Cc1ccc(Cl)cc1NC(=O)N(CCO)CCc1ccccc1. The summed E-state index contributed by atoms with van der Waals surface area (Å²) in [5.74, 6) is 0. The predicted molar refractivity (Wildman–Crippen MR) is 94.0 cm³/mol. The number of anilines is 1. The third-order valence-electron chi connectivity index (χ3n) is 3.61. The molecule has 0 spiro atoms. The second-order valence-corrected chi connectivity index (χ2v) is 5.77. The molecule has 0 aliphatic heterocycles. The smallest absolute Gasteiger partial charge is 0.321 e. The average Bonchev–Trinajstić information content (AvgIpc) is 2.55. The molecule has 0 fully saturated rings. The van der Waals surface area contributed by atoms with Crippen LogP contribution in [0.25, 0.3) is 0 Å². The second-order valence-electron chi connectivity index (χ2n) is 5.34. The lowest BCUT2D eigenvalue weighted by atomic mass is 10.1. The number of hydrogen-bond acceptors (Lipinski definition) is 2. The standard InChI is InChI=1S/C18H21ClN2O2/c1-14-7-8-16(19)13-17(14)20-18(23)21(11-12-22)10-9-15-5-3-2-4-6-15/h2-8,13,22H,9-12H2,1H3,(H,20,23). The van der Waals surface area contributed by atoms with E-state index in [4.69, 9.17) is 11.6 Å². The molecule has 23 heavy (non-hydrogen) atoms. The number of rotatable bonds is 6. The molecule has 0 radical (unpaired) electrons. The van der Waals surface area contributed by atoms with Crippen molar-refractivity contribution < 1.29 is 9.90 Å². The highest BCUT2D eigenvalue weighted by Crippen LogP contribution is 2.20. The number of amides is 2. The first kappa shape index (κ1) is 17.3. The van der Waals surface area contributed by atoms with Crippen molar-refractivity contribution in [1.29, 1.82) is 0 Å². The van der Waals surface area contributed by atoms with Crippen LogP contribution in [0.3, 0.4) is 0 Å². The fourth-order valence-electron chi connectivity index (χ4n) is 2.27. The Morgan fingerprint density at radius 2 is 1.91 bits per heavy atom. The molecule has 0 atom stereocenters. The van der Waals surface area contributed by atoms with E-state index < -0.39 is 0 Å². The topological polar surface area (TPSA) is 52.6 Å². The molecule has 2 aromatic rings. The van der Waals surface area contributed by atoms with Gasteiger partial charge in [0, 0.05) is 23.8 Å². The van der Waals surface area contributed by atoms with Gasteiger partial charge >= 0.3 is 6.03 Å². The number of urea groups is 1. The summed E-state index contributed by atoms with van der Waals surface area (Å²) in [6.45, 7) is 2.66. The van der Waals surface area contributed by atoms with Gasteiger partial charge in [0.05, 0.1) is 6.61 Å². The largest absolute Gasteiger partial charge is 0.395 e. The van der Waals surface area contributed by atoms with E-state index in [9.17, 15) is 9.90 Å². The van der Waals surface area contributed by atoms with Gasteiger partial charge in [0.1, 0.15) is 0 Å². The zero-order valence-corrected chi connectivity index (χ0v) is 13.9. The number of benzene rings is 2. The van der Waals surface area contributed by atoms with Gasteiger partial charge in [-0.3, -0.25) is 0 Å². The Bertz CT molecular complexity index is 647. The van der Waals surface area contributed by atoms with Crippen molar-refractivity contribution >= 4 is 23.3 Å². The Labute approximate surface area is 141 Å². The van der Waals surface area contributed by atoms with Crippen LogP contribution in [0.2, 0.25) is 5.02 Å². The van der Waals surface area contributed by atoms with E-state index in [2.05, 4.69) is 5.32 Å². The Hall–Kier alpha value is -2.04. The van der Waals surface area contributed by atoms with Crippen molar-refractivity contribution in [2.24, 2.45) is 0 Å². The van der Waals surface area contributed by atoms with Gasteiger partial charge in [0.2, 0.25) is 0 Å². The second kappa shape index (κ2) is 8.56. The van der Waals surface area contributed by atoms with Crippen LogP contribution >= 0.6 is 11.6 Å². The summed E-state index contributed by atoms with van der Waals surface area (Å²) in [6, 6.07) is 15.1. The number of nitrogens with one attached hydrogen (secondary N) is 1. The van der Waals surface area contributed by atoms with Crippen molar-refractivity contribution in [3.63, 3.8) is 0 Å². The molecule has 0 aliphatic carbocycles. The van der Waals surface area contributed by atoms with E-state index in [-0.39, 0.29) is 19.2 Å². The molecule has 5 heteroatoms. The van der Waals surface area contributed by atoms with Crippen molar-refractivity contribution in [2.45, 2.75) is 13.3 Å². The summed E-state index contributed by atoms with van der Waals surface area (Å²) < 4.78 is 0. The van der Waals surface area contributed by atoms with E-state index in [0.29, 0.717) is 17.3 Å². The van der Waals surface area contributed by atoms with Crippen molar-refractivity contribution in [3.8, 4) is 0 Å². The molecule has 2 N–H and O–H groups in total. The summed E-state index contributed by atoms with van der Waals surface area (Å²) in [6.07, 6.45) is 0.739. The summed E-state index contributed by atoms with van der Waals surface area (Å²) in [5, 5.41) is 12.6. The molecule has 2 amide bonds. The van der Waals surface area contributed by atoms with Gasteiger partial charge in [0.15, 0.2) is 0 Å². The Morgan fingerprint density at radius 3 is 2.61 bits per heavy atom. The maximum Gasteiger partial charge on any atom is 0.321 e. The molecule has 4 nitrogen and oxygen atoms in total. The molecule has 0 saturated carbocycles. The van der Waals surface area contributed by atoms with Gasteiger partial charge in [0.25, 0.3) is 0 Å². The third kappa shape index (κ3) is 5.27. The fourth-order valence-corrected chi connectivity index (χ4v) is 2.44. The first-order valence-corrected chi connectivity index (χ1v) is 7.95. The number of nitrogens with zero attached hydrogens (tertiary/aromatic N) is 1. The molecule has 0 aromatic heterocycles. The molecular formula is C18H21ClN2O2. The number of halogens is 1. The molecule has 0 bridgehead atoms. The predicted octanol–water partition coefficient (Wildman–Crippen LogP) is 3.72. The fraction of sp³-hybridized carbons (Fsp3) is 0.278. The number of carbonyl (C=O) groups is 1. The summed E-state index contributed by atoms with van der Waals surface area (Å²) in [4.78, 5) is 14.1. The maximum atomic E-state index is 12.4. The quantitative estimate of drug-likeness (QED) is 0.847. The molecule has 2 rings (SSSR count). The lowest BCUT2D eigenvalue weighted by Crippen LogP contribution is -2.38. The van der Waals surface area contributed by atoms with E-state index in [1.165, 1.54) is 0 Å². The summed E-state index contributed by atoms with van der Waals surface area (Å²) in [7, 11) is 0. The minimum atomic E-state index is -0.236. The van der Waals surface area contributed by atoms with Gasteiger partial charge in [-0.1, -0.05) is 48.0 Å². The molecule has 122 valence electrons. The maximum absolute atomic E-state index is 12.4. The first-order valence-electron chi connectivity index (χ1n) is 7.57. The van der Waals surface area contributed by atoms with Crippen LogP contribution in [0.5, 0.6) is 0 Å². The number of aliphatic hydroxyl groups is 1.